The molecule has 3 aromatic carbocycles. The van der Waals surface area contributed by atoms with Gasteiger partial charge in [0, 0.05) is 14.2 Å². The van der Waals surface area contributed by atoms with E-state index in [1.165, 1.54) is 44.4 Å². The molecule has 0 saturated heterocycles. The molecular formula is C32H22ClF3IN3O5S. The minimum Gasteiger partial charge on any atom is -0.493 e. The minimum absolute atomic E-state index is 0.0385. The van der Waals surface area contributed by atoms with Crippen LogP contribution in [-0.4, -0.2) is 30.4 Å². The first-order chi connectivity index (χ1) is 21.9. The summed E-state index contributed by atoms with van der Waals surface area (Å²) in [4.78, 5) is 30.6. The fourth-order valence-corrected chi connectivity index (χ4v) is 6.51. The molecule has 0 aliphatic carbocycles. The number of thiazole rings is 1. The van der Waals surface area contributed by atoms with Gasteiger partial charge < -0.3 is 14.2 Å². The zero-order valence-electron chi connectivity index (χ0n) is 24.0. The number of halogens is 5. The van der Waals surface area contributed by atoms with Gasteiger partial charge in [0.25, 0.3) is 5.56 Å². The standard InChI is InChI=1S/C32H22ClF3IN3O5S/c1-3-44-30(42)25-26(19-8-10-21(33)11-9-19)40-29(41)24(46-31(40)39-28(25)32(34,35)36)13-20-12-22(37)14-23(43-2)27(20)45-16-18-6-4-17(15-38)5-7-18/h4-14,26H,3,16H2,1-2H3/b24-13-/t26-/m0/s1. The Morgan fingerprint density at radius 1 is 1.17 bits per heavy atom. The summed E-state index contributed by atoms with van der Waals surface area (Å²) < 4.78 is 61.8. The summed E-state index contributed by atoms with van der Waals surface area (Å²) in [5.74, 6) is -0.591. The Kier molecular flexibility index (Phi) is 9.90. The Morgan fingerprint density at radius 3 is 2.48 bits per heavy atom. The van der Waals surface area contributed by atoms with Crippen LogP contribution in [0, 0.1) is 14.9 Å². The van der Waals surface area contributed by atoms with Crippen molar-refractivity contribution in [2.24, 2.45) is 4.99 Å². The SMILES string of the molecule is CCOC(=O)C1=C(C(F)(F)F)N=c2s/c(=C\c3cc(I)cc(OC)c3OCc3ccc(C#N)cc3)c(=O)n2[C@H]1c1ccc(Cl)cc1. The van der Waals surface area contributed by atoms with Gasteiger partial charge in [-0.05, 0) is 83.1 Å². The van der Waals surface area contributed by atoms with E-state index >= 15 is 0 Å². The summed E-state index contributed by atoms with van der Waals surface area (Å²) >= 11 is 8.86. The van der Waals surface area contributed by atoms with Gasteiger partial charge >= 0.3 is 12.1 Å². The number of ether oxygens (including phenoxy) is 3. The van der Waals surface area contributed by atoms with Crippen molar-refractivity contribution in [2.45, 2.75) is 25.7 Å². The van der Waals surface area contributed by atoms with Crippen LogP contribution in [0.25, 0.3) is 6.08 Å². The number of allylic oxidation sites excluding steroid dienone is 1. The Hall–Kier alpha value is -4.13. The van der Waals surface area contributed by atoms with Crippen molar-refractivity contribution >= 4 is 57.6 Å². The molecule has 2 heterocycles. The van der Waals surface area contributed by atoms with E-state index < -0.39 is 35.0 Å². The predicted octanol–water partition coefficient (Wildman–Crippen LogP) is 6.06. The van der Waals surface area contributed by atoms with Gasteiger partial charge in [-0.25, -0.2) is 9.79 Å². The van der Waals surface area contributed by atoms with E-state index in [-0.39, 0.29) is 33.9 Å². The molecule has 0 bridgehead atoms. The molecule has 5 rings (SSSR count). The lowest BCUT2D eigenvalue weighted by Gasteiger charge is -2.26. The molecule has 14 heteroatoms. The Bertz CT molecular complexity index is 2070. The van der Waals surface area contributed by atoms with Crippen molar-refractivity contribution in [3.8, 4) is 17.6 Å². The average molecular weight is 780 g/mol. The summed E-state index contributed by atoms with van der Waals surface area (Å²) in [6, 6.07) is 16.6. The number of methoxy groups -OCH3 is 1. The maximum Gasteiger partial charge on any atom is 0.434 e. The van der Waals surface area contributed by atoms with Gasteiger partial charge in [-0.3, -0.25) is 9.36 Å². The third-order valence-corrected chi connectivity index (χ3v) is 8.66. The number of hydrogen-bond acceptors (Lipinski definition) is 8. The second kappa shape index (κ2) is 13.7. The predicted molar refractivity (Wildman–Crippen MR) is 173 cm³/mol. The number of aromatic nitrogens is 1. The summed E-state index contributed by atoms with van der Waals surface area (Å²) in [5.41, 5.74) is -1.05. The first-order valence-electron chi connectivity index (χ1n) is 13.5. The van der Waals surface area contributed by atoms with Crippen molar-refractivity contribution in [1.82, 2.24) is 4.57 Å². The Balaban J connectivity index is 1.71. The molecule has 1 aliphatic rings. The van der Waals surface area contributed by atoms with Gasteiger partial charge in [0.2, 0.25) is 0 Å². The average Bonchev–Trinajstić information content (AvgIpc) is 3.34. The van der Waals surface area contributed by atoms with Crippen LogP contribution < -0.4 is 24.4 Å². The molecule has 0 spiro atoms. The van der Waals surface area contributed by atoms with Crippen molar-refractivity contribution in [2.75, 3.05) is 13.7 Å². The fourth-order valence-electron chi connectivity index (χ4n) is 4.78. The van der Waals surface area contributed by atoms with Crippen LogP contribution in [-0.2, 0) is 16.1 Å². The summed E-state index contributed by atoms with van der Waals surface area (Å²) in [6.07, 6.45) is -3.54. The van der Waals surface area contributed by atoms with Crippen LogP contribution in [0.4, 0.5) is 13.2 Å². The highest BCUT2D eigenvalue weighted by atomic mass is 127. The van der Waals surface area contributed by atoms with Crippen LogP contribution in [0.15, 0.2) is 81.7 Å². The maximum atomic E-state index is 14.4. The summed E-state index contributed by atoms with van der Waals surface area (Å²) in [5, 5.41) is 9.40. The molecule has 236 valence electrons. The van der Waals surface area contributed by atoms with Crippen LogP contribution in [0.3, 0.4) is 0 Å². The molecular weight excluding hydrogens is 758 g/mol. The molecule has 0 amide bonds. The van der Waals surface area contributed by atoms with Crippen LogP contribution in [0.5, 0.6) is 11.5 Å². The van der Waals surface area contributed by atoms with E-state index in [1.54, 1.807) is 36.4 Å². The number of nitrogens with zero attached hydrogens (tertiary/aromatic N) is 3. The monoisotopic (exact) mass is 779 g/mol. The van der Waals surface area contributed by atoms with Crippen molar-refractivity contribution in [3.05, 3.63) is 122 Å². The molecule has 8 nitrogen and oxygen atoms in total. The second-order valence-corrected chi connectivity index (χ2v) is 12.4. The van der Waals surface area contributed by atoms with E-state index in [0.717, 1.165) is 25.0 Å². The Morgan fingerprint density at radius 2 is 1.87 bits per heavy atom. The van der Waals surface area contributed by atoms with E-state index in [2.05, 4.69) is 33.7 Å². The highest BCUT2D eigenvalue weighted by Crippen LogP contribution is 2.39. The van der Waals surface area contributed by atoms with E-state index in [4.69, 9.17) is 31.1 Å². The molecule has 46 heavy (non-hydrogen) atoms. The largest absolute Gasteiger partial charge is 0.493 e. The fraction of sp³-hybridized carbons (Fsp3) is 0.188. The second-order valence-electron chi connectivity index (χ2n) is 9.74. The normalized spacial score (nSPS) is 14.7. The van der Waals surface area contributed by atoms with Crippen molar-refractivity contribution < 1.29 is 32.2 Å². The number of hydrogen-bond donors (Lipinski definition) is 0. The summed E-state index contributed by atoms with van der Waals surface area (Å²) in [6.45, 7) is 1.37. The lowest BCUT2D eigenvalue weighted by molar-refractivity contribution is -0.140. The number of nitriles is 1. The van der Waals surface area contributed by atoms with E-state index in [0.29, 0.717) is 21.9 Å². The minimum atomic E-state index is -5.03. The number of rotatable bonds is 8. The number of fused-ring (bicyclic) bond motifs is 1. The van der Waals surface area contributed by atoms with Crippen LogP contribution in [0.2, 0.25) is 5.02 Å². The van der Waals surface area contributed by atoms with Crippen LogP contribution >= 0.6 is 45.5 Å². The van der Waals surface area contributed by atoms with Gasteiger partial charge in [-0.15, -0.1) is 0 Å². The van der Waals surface area contributed by atoms with Gasteiger partial charge in [-0.1, -0.05) is 47.2 Å². The highest BCUT2D eigenvalue weighted by molar-refractivity contribution is 14.1. The molecule has 1 aliphatic heterocycles. The molecule has 0 fully saturated rings. The summed E-state index contributed by atoms with van der Waals surface area (Å²) in [7, 11) is 1.46. The van der Waals surface area contributed by atoms with Crippen molar-refractivity contribution in [1.29, 1.82) is 5.26 Å². The molecule has 0 unspecified atom stereocenters. The number of benzene rings is 3. The molecule has 0 radical (unpaired) electrons. The third-order valence-electron chi connectivity index (χ3n) is 6.80. The van der Waals surface area contributed by atoms with Gasteiger partial charge in [0.05, 0.1) is 41.5 Å². The quantitative estimate of drug-likeness (QED) is 0.159. The van der Waals surface area contributed by atoms with Gasteiger partial charge in [-0.2, -0.15) is 18.4 Å². The van der Waals surface area contributed by atoms with E-state index in [9.17, 15) is 22.8 Å². The van der Waals surface area contributed by atoms with E-state index in [1.807, 2.05) is 0 Å². The lowest BCUT2D eigenvalue weighted by Crippen LogP contribution is -2.41. The topological polar surface area (TPSA) is 103 Å². The zero-order valence-corrected chi connectivity index (χ0v) is 27.8. The van der Waals surface area contributed by atoms with Crippen molar-refractivity contribution in [3.63, 3.8) is 0 Å². The molecule has 0 saturated carbocycles. The first-order valence-corrected chi connectivity index (χ1v) is 15.8. The third kappa shape index (κ3) is 6.84. The Labute approximate surface area is 282 Å². The van der Waals surface area contributed by atoms with Gasteiger partial charge in [0.1, 0.15) is 6.61 Å². The zero-order chi connectivity index (χ0) is 33.2. The molecule has 1 aromatic heterocycles. The molecule has 4 aromatic rings. The molecule has 1 atom stereocenters. The number of esters is 1. The van der Waals surface area contributed by atoms with Gasteiger partial charge in [0.15, 0.2) is 22.0 Å². The maximum absolute atomic E-state index is 14.4. The smallest absolute Gasteiger partial charge is 0.434 e. The van der Waals surface area contributed by atoms with Crippen LogP contribution in [0.1, 0.15) is 35.2 Å². The number of carbonyl (C=O) groups excluding carboxylic acids is 1. The highest BCUT2D eigenvalue weighted by Gasteiger charge is 2.45. The number of carbonyl (C=O) groups is 1. The number of alkyl halides is 3. The lowest BCUT2D eigenvalue weighted by atomic mass is 9.95. The first kappa shape index (κ1) is 33.2. The molecule has 0 N–H and O–H groups in total.